The van der Waals surface area contributed by atoms with E-state index in [0.29, 0.717) is 6.54 Å². The molecule has 0 aliphatic heterocycles. The quantitative estimate of drug-likeness (QED) is 0.734. The topological polar surface area (TPSA) is 48.0 Å². The molecule has 1 heterocycles. The molecule has 0 fully saturated rings. The van der Waals surface area contributed by atoms with E-state index in [1.165, 1.54) is 10.9 Å². The second kappa shape index (κ2) is 5.55. The van der Waals surface area contributed by atoms with Crippen molar-refractivity contribution in [2.24, 2.45) is 0 Å². The minimum absolute atomic E-state index is 0.577. The Bertz CT molecular complexity index is 500. The van der Waals surface area contributed by atoms with Gasteiger partial charge in [-0.25, -0.2) is 0 Å². The number of hydrogen-bond acceptors (Lipinski definition) is 2. The van der Waals surface area contributed by atoms with E-state index in [-0.39, 0.29) is 0 Å². The van der Waals surface area contributed by atoms with Gasteiger partial charge in [0, 0.05) is 30.2 Å². The molecule has 1 aromatic carbocycles. The minimum Gasteiger partial charge on any atom is -0.389 e. The smallest absolute Gasteiger partial charge is 0.0766 e. The molecule has 3 N–H and O–H groups in total. The maximum absolute atomic E-state index is 10.2. The molecule has 0 aliphatic rings. The lowest BCUT2D eigenvalue weighted by Crippen LogP contribution is -2.39. The molecule has 0 atom stereocenters. The standard InChI is InChI=1S/C15H22N2O/c1-3-15(18,4-2)11-16-9-12-10-17-14-8-6-5-7-13(12)14/h5-8,10,16-18H,3-4,9,11H2,1-2H3. The zero-order chi connectivity index (χ0) is 13.0. The Labute approximate surface area is 108 Å². The van der Waals surface area contributed by atoms with Crippen molar-refractivity contribution in [1.82, 2.24) is 10.3 Å². The summed E-state index contributed by atoms with van der Waals surface area (Å²) >= 11 is 0. The molecule has 98 valence electrons. The molecule has 0 saturated heterocycles. The van der Waals surface area contributed by atoms with Gasteiger partial charge in [0.15, 0.2) is 0 Å². The minimum atomic E-state index is -0.577. The van der Waals surface area contributed by atoms with Crippen molar-refractivity contribution in [1.29, 1.82) is 0 Å². The fourth-order valence-electron chi connectivity index (χ4n) is 2.21. The summed E-state index contributed by atoms with van der Waals surface area (Å²) in [5.74, 6) is 0. The van der Waals surface area contributed by atoms with Gasteiger partial charge in [-0.3, -0.25) is 0 Å². The Balaban J connectivity index is 1.98. The van der Waals surface area contributed by atoms with Crippen LogP contribution in [-0.4, -0.2) is 22.2 Å². The van der Waals surface area contributed by atoms with E-state index in [1.807, 2.05) is 32.2 Å². The number of fused-ring (bicyclic) bond motifs is 1. The second-order valence-corrected chi connectivity index (χ2v) is 4.89. The highest BCUT2D eigenvalue weighted by molar-refractivity contribution is 5.82. The molecule has 2 aromatic rings. The maximum atomic E-state index is 10.2. The van der Waals surface area contributed by atoms with Gasteiger partial charge in [-0.2, -0.15) is 0 Å². The third-order valence-electron chi connectivity index (χ3n) is 3.76. The van der Waals surface area contributed by atoms with Crippen molar-refractivity contribution in [2.75, 3.05) is 6.54 Å². The van der Waals surface area contributed by atoms with Gasteiger partial charge >= 0.3 is 0 Å². The largest absolute Gasteiger partial charge is 0.389 e. The molecule has 2 rings (SSSR count). The SMILES string of the molecule is CCC(O)(CC)CNCc1c[nH]c2ccccc12. The molecule has 0 radical (unpaired) electrons. The van der Waals surface area contributed by atoms with Crippen LogP contribution in [-0.2, 0) is 6.54 Å². The van der Waals surface area contributed by atoms with Crippen molar-refractivity contribution < 1.29 is 5.11 Å². The number of hydrogen-bond donors (Lipinski definition) is 3. The Hall–Kier alpha value is -1.32. The van der Waals surface area contributed by atoms with E-state index >= 15 is 0 Å². The normalized spacial score (nSPS) is 12.2. The number of nitrogens with one attached hydrogen (secondary N) is 2. The monoisotopic (exact) mass is 246 g/mol. The first-order chi connectivity index (χ1) is 8.68. The predicted octanol–water partition coefficient (Wildman–Crippen LogP) is 2.81. The first kappa shape index (κ1) is 13.1. The van der Waals surface area contributed by atoms with Gasteiger partial charge in [-0.15, -0.1) is 0 Å². The van der Waals surface area contributed by atoms with Crippen molar-refractivity contribution in [3.05, 3.63) is 36.0 Å². The van der Waals surface area contributed by atoms with Gasteiger partial charge in [0.25, 0.3) is 0 Å². The van der Waals surface area contributed by atoms with E-state index in [9.17, 15) is 5.11 Å². The molecule has 0 bridgehead atoms. The molecule has 1 aromatic heterocycles. The number of para-hydroxylation sites is 1. The Morgan fingerprint density at radius 3 is 2.67 bits per heavy atom. The van der Waals surface area contributed by atoms with Gasteiger partial charge < -0.3 is 15.4 Å². The molecular weight excluding hydrogens is 224 g/mol. The molecule has 0 unspecified atom stereocenters. The van der Waals surface area contributed by atoms with Crippen molar-refractivity contribution in [2.45, 2.75) is 38.8 Å². The summed E-state index contributed by atoms with van der Waals surface area (Å²) < 4.78 is 0. The van der Waals surface area contributed by atoms with Crippen LogP contribution >= 0.6 is 0 Å². The molecule has 0 saturated carbocycles. The highest BCUT2D eigenvalue weighted by Gasteiger charge is 2.21. The summed E-state index contributed by atoms with van der Waals surface area (Å²) in [7, 11) is 0. The van der Waals surface area contributed by atoms with Crippen LogP contribution < -0.4 is 5.32 Å². The van der Waals surface area contributed by atoms with Gasteiger partial charge in [-0.1, -0.05) is 32.0 Å². The van der Waals surface area contributed by atoms with Crippen LogP contribution in [0.4, 0.5) is 0 Å². The van der Waals surface area contributed by atoms with Crippen molar-refractivity contribution in [3.63, 3.8) is 0 Å². The third-order valence-corrected chi connectivity index (χ3v) is 3.76. The first-order valence-electron chi connectivity index (χ1n) is 6.66. The summed E-state index contributed by atoms with van der Waals surface area (Å²) in [5, 5.41) is 14.8. The highest BCUT2D eigenvalue weighted by Crippen LogP contribution is 2.18. The number of aromatic amines is 1. The molecule has 0 spiro atoms. The van der Waals surface area contributed by atoms with E-state index in [0.717, 1.165) is 24.9 Å². The number of H-pyrrole nitrogens is 1. The van der Waals surface area contributed by atoms with Crippen LogP contribution in [0, 0.1) is 0 Å². The van der Waals surface area contributed by atoms with Crippen LogP contribution in [0.15, 0.2) is 30.5 Å². The zero-order valence-electron chi connectivity index (χ0n) is 11.2. The Morgan fingerprint density at radius 1 is 1.22 bits per heavy atom. The van der Waals surface area contributed by atoms with Crippen LogP contribution in [0.25, 0.3) is 10.9 Å². The van der Waals surface area contributed by atoms with Gasteiger partial charge in [0.2, 0.25) is 0 Å². The average molecular weight is 246 g/mol. The Morgan fingerprint density at radius 2 is 1.94 bits per heavy atom. The average Bonchev–Trinajstić information content (AvgIpc) is 2.82. The number of aromatic nitrogens is 1. The predicted molar refractivity (Wildman–Crippen MR) is 75.5 cm³/mol. The summed E-state index contributed by atoms with van der Waals surface area (Å²) in [5.41, 5.74) is 1.84. The molecule has 0 aliphatic carbocycles. The van der Waals surface area contributed by atoms with Gasteiger partial charge in [0.05, 0.1) is 5.60 Å². The summed E-state index contributed by atoms with van der Waals surface area (Å²) in [6.45, 7) is 5.47. The van der Waals surface area contributed by atoms with E-state index in [1.54, 1.807) is 0 Å². The fourth-order valence-corrected chi connectivity index (χ4v) is 2.21. The molecule has 0 amide bonds. The molecular formula is C15H22N2O. The lowest BCUT2D eigenvalue weighted by Gasteiger charge is -2.25. The lowest BCUT2D eigenvalue weighted by molar-refractivity contribution is 0.0323. The van der Waals surface area contributed by atoms with Crippen molar-refractivity contribution >= 4 is 10.9 Å². The number of aliphatic hydroxyl groups is 1. The zero-order valence-corrected chi connectivity index (χ0v) is 11.2. The number of benzene rings is 1. The number of rotatable bonds is 6. The van der Waals surface area contributed by atoms with Gasteiger partial charge in [0.1, 0.15) is 0 Å². The van der Waals surface area contributed by atoms with Crippen LogP contribution in [0.3, 0.4) is 0 Å². The molecule has 3 nitrogen and oxygen atoms in total. The van der Waals surface area contributed by atoms with Crippen molar-refractivity contribution in [3.8, 4) is 0 Å². The van der Waals surface area contributed by atoms with Crippen LogP contribution in [0.1, 0.15) is 32.3 Å². The van der Waals surface area contributed by atoms with Crippen LogP contribution in [0.2, 0.25) is 0 Å². The van der Waals surface area contributed by atoms with Gasteiger partial charge in [-0.05, 0) is 24.5 Å². The maximum Gasteiger partial charge on any atom is 0.0766 e. The first-order valence-corrected chi connectivity index (χ1v) is 6.66. The lowest BCUT2D eigenvalue weighted by atomic mass is 9.97. The Kier molecular flexibility index (Phi) is 4.04. The van der Waals surface area contributed by atoms with E-state index in [4.69, 9.17) is 0 Å². The van der Waals surface area contributed by atoms with Crippen LogP contribution in [0.5, 0.6) is 0 Å². The highest BCUT2D eigenvalue weighted by atomic mass is 16.3. The summed E-state index contributed by atoms with van der Waals surface area (Å²) in [6, 6.07) is 8.28. The third kappa shape index (κ3) is 2.74. The second-order valence-electron chi connectivity index (χ2n) is 4.89. The fraction of sp³-hybridized carbons (Fsp3) is 0.467. The summed E-state index contributed by atoms with van der Waals surface area (Å²) in [6.07, 6.45) is 3.60. The molecule has 3 heteroatoms. The summed E-state index contributed by atoms with van der Waals surface area (Å²) in [4.78, 5) is 3.26. The van der Waals surface area contributed by atoms with E-state index < -0.39 is 5.60 Å². The molecule has 18 heavy (non-hydrogen) atoms. The van der Waals surface area contributed by atoms with E-state index in [2.05, 4.69) is 22.4 Å².